The second-order valence-corrected chi connectivity index (χ2v) is 3.76. The van der Waals surface area contributed by atoms with Crippen LogP contribution in [0.1, 0.15) is 25.0 Å². The fraction of sp³-hybridized carbons (Fsp3) is 0.462. The van der Waals surface area contributed by atoms with Crippen LogP contribution < -0.4 is 4.74 Å². The molecule has 0 aliphatic rings. The number of aryl methyl sites for hydroxylation is 2. The number of ether oxygens (including phenoxy) is 2. The lowest BCUT2D eigenvalue weighted by Crippen LogP contribution is -2.26. The van der Waals surface area contributed by atoms with Crippen molar-refractivity contribution < 1.29 is 14.3 Å². The van der Waals surface area contributed by atoms with Crippen molar-refractivity contribution in [3.63, 3.8) is 0 Å². The highest BCUT2D eigenvalue weighted by Crippen LogP contribution is 2.17. The molecule has 3 nitrogen and oxygen atoms in total. The smallest absolute Gasteiger partial charge is 0.347 e. The van der Waals surface area contributed by atoms with Gasteiger partial charge < -0.3 is 9.47 Å². The minimum Gasteiger partial charge on any atom is -0.479 e. The van der Waals surface area contributed by atoms with Crippen molar-refractivity contribution in [1.29, 1.82) is 0 Å². The number of esters is 1. The molecule has 0 radical (unpaired) electrons. The summed E-state index contributed by atoms with van der Waals surface area (Å²) < 4.78 is 10.4. The molecule has 0 saturated carbocycles. The highest BCUT2D eigenvalue weighted by molar-refractivity contribution is 5.74. The Morgan fingerprint density at radius 1 is 1.31 bits per heavy atom. The fourth-order valence-electron chi connectivity index (χ4n) is 1.30. The molecule has 0 aromatic heterocycles. The lowest BCUT2D eigenvalue weighted by molar-refractivity contribution is -0.150. The maximum atomic E-state index is 11.4. The summed E-state index contributed by atoms with van der Waals surface area (Å²) in [6.07, 6.45) is -0.568. The van der Waals surface area contributed by atoms with Gasteiger partial charge in [0.1, 0.15) is 5.75 Å². The summed E-state index contributed by atoms with van der Waals surface area (Å²) in [5.74, 6) is 0.365. The third kappa shape index (κ3) is 3.26. The van der Waals surface area contributed by atoms with E-state index >= 15 is 0 Å². The minimum absolute atomic E-state index is 0.333. The van der Waals surface area contributed by atoms with Gasteiger partial charge in [-0.3, -0.25) is 0 Å². The standard InChI is InChI=1S/C13H18O3/c1-5-15-13(14)11(4)16-12-7-6-9(2)10(3)8-12/h6-8,11H,5H2,1-4H3/t11-/m1/s1. The zero-order valence-electron chi connectivity index (χ0n) is 10.2. The summed E-state index contributed by atoms with van der Waals surface area (Å²) in [4.78, 5) is 11.4. The van der Waals surface area contributed by atoms with Gasteiger partial charge in [-0.1, -0.05) is 6.07 Å². The van der Waals surface area contributed by atoms with E-state index in [9.17, 15) is 4.79 Å². The monoisotopic (exact) mass is 222 g/mol. The van der Waals surface area contributed by atoms with Crippen molar-refractivity contribution in [2.24, 2.45) is 0 Å². The van der Waals surface area contributed by atoms with Gasteiger partial charge in [-0.15, -0.1) is 0 Å². The molecule has 0 bridgehead atoms. The van der Waals surface area contributed by atoms with Crippen LogP contribution >= 0.6 is 0 Å². The average Bonchev–Trinajstić information content (AvgIpc) is 2.24. The number of hydrogen-bond donors (Lipinski definition) is 0. The highest BCUT2D eigenvalue weighted by atomic mass is 16.6. The van der Waals surface area contributed by atoms with Crippen LogP contribution in [-0.4, -0.2) is 18.7 Å². The molecule has 0 fully saturated rings. The Hall–Kier alpha value is -1.51. The quantitative estimate of drug-likeness (QED) is 0.735. The molecule has 0 spiro atoms. The fourth-order valence-corrected chi connectivity index (χ4v) is 1.30. The van der Waals surface area contributed by atoms with Crippen LogP contribution in [0.3, 0.4) is 0 Å². The molecule has 3 heteroatoms. The SMILES string of the molecule is CCOC(=O)[C@@H](C)Oc1ccc(C)c(C)c1. The van der Waals surface area contributed by atoms with Crippen molar-refractivity contribution in [2.45, 2.75) is 33.8 Å². The first-order valence-corrected chi connectivity index (χ1v) is 5.45. The second kappa shape index (κ2) is 5.54. The van der Waals surface area contributed by atoms with Gasteiger partial charge in [-0.25, -0.2) is 4.79 Å². The van der Waals surface area contributed by atoms with E-state index in [-0.39, 0.29) is 5.97 Å². The molecule has 0 heterocycles. The van der Waals surface area contributed by atoms with Gasteiger partial charge >= 0.3 is 5.97 Å². The average molecular weight is 222 g/mol. The number of hydrogen-bond acceptors (Lipinski definition) is 3. The highest BCUT2D eigenvalue weighted by Gasteiger charge is 2.15. The molecule has 0 aliphatic carbocycles. The first-order chi connectivity index (χ1) is 7.54. The molecule has 1 rings (SSSR count). The summed E-state index contributed by atoms with van der Waals surface area (Å²) in [7, 11) is 0. The molecular formula is C13H18O3. The molecule has 0 N–H and O–H groups in total. The molecule has 0 saturated heterocycles. The van der Waals surface area contributed by atoms with Gasteiger partial charge in [-0.2, -0.15) is 0 Å². The van der Waals surface area contributed by atoms with E-state index in [2.05, 4.69) is 0 Å². The van der Waals surface area contributed by atoms with Crippen molar-refractivity contribution >= 4 is 5.97 Å². The lowest BCUT2D eigenvalue weighted by Gasteiger charge is -2.14. The van der Waals surface area contributed by atoms with Gasteiger partial charge in [0, 0.05) is 0 Å². The van der Waals surface area contributed by atoms with Crippen molar-refractivity contribution in [1.82, 2.24) is 0 Å². The topological polar surface area (TPSA) is 35.5 Å². The zero-order valence-corrected chi connectivity index (χ0v) is 10.2. The van der Waals surface area contributed by atoms with Gasteiger partial charge in [0.15, 0.2) is 6.10 Å². The van der Waals surface area contributed by atoms with Crippen LogP contribution in [0.5, 0.6) is 5.75 Å². The van der Waals surface area contributed by atoms with E-state index in [4.69, 9.17) is 9.47 Å². The summed E-state index contributed by atoms with van der Waals surface area (Å²) >= 11 is 0. The number of benzene rings is 1. The molecule has 16 heavy (non-hydrogen) atoms. The lowest BCUT2D eigenvalue weighted by atomic mass is 10.1. The number of rotatable bonds is 4. The van der Waals surface area contributed by atoms with Crippen LogP contribution in [-0.2, 0) is 9.53 Å². The van der Waals surface area contributed by atoms with Crippen LogP contribution in [0.15, 0.2) is 18.2 Å². The van der Waals surface area contributed by atoms with Crippen molar-refractivity contribution in [3.8, 4) is 5.75 Å². The van der Waals surface area contributed by atoms with Crippen LogP contribution in [0.2, 0.25) is 0 Å². The van der Waals surface area contributed by atoms with E-state index in [1.807, 2.05) is 32.0 Å². The predicted octanol–water partition coefficient (Wildman–Crippen LogP) is 2.63. The Balaban J connectivity index is 2.66. The third-order valence-corrected chi connectivity index (χ3v) is 2.41. The molecule has 0 unspecified atom stereocenters. The summed E-state index contributed by atoms with van der Waals surface area (Å²) in [6.45, 7) is 7.89. The third-order valence-electron chi connectivity index (χ3n) is 2.41. The maximum Gasteiger partial charge on any atom is 0.347 e. The zero-order chi connectivity index (χ0) is 12.1. The summed E-state index contributed by atoms with van der Waals surface area (Å²) in [5, 5.41) is 0. The summed E-state index contributed by atoms with van der Waals surface area (Å²) in [5.41, 5.74) is 2.35. The largest absolute Gasteiger partial charge is 0.479 e. The van der Waals surface area contributed by atoms with Gasteiger partial charge in [0.05, 0.1) is 6.61 Å². The number of carbonyl (C=O) groups excluding carboxylic acids is 1. The predicted molar refractivity (Wildman–Crippen MR) is 62.6 cm³/mol. The molecule has 1 aromatic rings. The van der Waals surface area contributed by atoms with E-state index in [0.717, 1.165) is 5.56 Å². The first kappa shape index (κ1) is 12.6. The molecule has 0 amide bonds. The Labute approximate surface area is 96.4 Å². The Morgan fingerprint density at radius 3 is 2.56 bits per heavy atom. The summed E-state index contributed by atoms with van der Waals surface area (Å²) in [6, 6.07) is 5.76. The maximum absolute atomic E-state index is 11.4. The molecule has 88 valence electrons. The van der Waals surface area contributed by atoms with Crippen molar-refractivity contribution in [3.05, 3.63) is 29.3 Å². The Bertz CT molecular complexity index is 371. The van der Waals surface area contributed by atoms with Gasteiger partial charge in [0.25, 0.3) is 0 Å². The van der Waals surface area contributed by atoms with Crippen LogP contribution in [0.25, 0.3) is 0 Å². The Kier molecular flexibility index (Phi) is 4.35. The Morgan fingerprint density at radius 2 is 2.00 bits per heavy atom. The molecular weight excluding hydrogens is 204 g/mol. The second-order valence-electron chi connectivity index (χ2n) is 3.76. The molecule has 0 aliphatic heterocycles. The van der Waals surface area contributed by atoms with E-state index < -0.39 is 6.10 Å². The normalized spacial score (nSPS) is 12.0. The van der Waals surface area contributed by atoms with Crippen LogP contribution in [0, 0.1) is 13.8 Å². The molecule has 1 aromatic carbocycles. The van der Waals surface area contributed by atoms with Gasteiger partial charge in [-0.05, 0) is 51.0 Å². The van der Waals surface area contributed by atoms with E-state index in [1.165, 1.54) is 5.56 Å². The first-order valence-electron chi connectivity index (χ1n) is 5.45. The van der Waals surface area contributed by atoms with Crippen LogP contribution in [0.4, 0.5) is 0 Å². The van der Waals surface area contributed by atoms with Crippen molar-refractivity contribution in [2.75, 3.05) is 6.61 Å². The van der Waals surface area contributed by atoms with E-state index in [1.54, 1.807) is 13.8 Å². The molecule has 1 atom stereocenters. The van der Waals surface area contributed by atoms with Gasteiger partial charge in [0.2, 0.25) is 0 Å². The number of carbonyl (C=O) groups is 1. The van der Waals surface area contributed by atoms with E-state index in [0.29, 0.717) is 12.4 Å². The minimum atomic E-state index is -0.568.